The minimum atomic E-state index is 0.865. The highest BCUT2D eigenvalue weighted by atomic mass is 32.2. The quantitative estimate of drug-likeness (QED) is 0.0934. The van der Waals surface area contributed by atoms with Gasteiger partial charge in [-0.1, -0.05) is 78.1 Å². The number of hydrogen-bond donors (Lipinski definition) is 4. The predicted molar refractivity (Wildman–Crippen MR) is 383 cm³/mol. The zero-order valence-electron chi connectivity index (χ0n) is 51.2. The molecule has 16 bridgehead atoms. The molecule has 10 heterocycles. The first-order valence-electron chi connectivity index (χ1n) is 30.2. The second-order valence-corrected chi connectivity index (χ2v) is 25.1. The molecule has 15 rings (SSSR count). The van der Waals surface area contributed by atoms with Gasteiger partial charge in [0.15, 0.2) is 0 Å². The Morgan fingerprint density at radius 3 is 0.867 bits per heavy atom. The first-order valence-corrected chi connectivity index (χ1v) is 32.7. The van der Waals surface area contributed by atoms with E-state index in [1.54, 1.807) is 23.5 Å². The van der Waals surface area contributed by atoms with Gasteiger partial charge in [-0.3, -0.25) is 0 Å². The molecule has 11 aromatic rings. The van der Waals surface area contributed by atoms with Gasteiger partial charge in [0.25, 0.3) is 0 Å². The lowest BCUT2D eigenvalue weighted by Crippen LogP contribution is -1.94. The Bertz CT molecular complexity index is 5340. The van der Waals surface area contributed by atoms with Crippen LogP contribution in [-0.4, -0.2) is 52.4 Å². The molecule has 0 fully saturated rings. The summed E-state index contributed by atoms with van der Waals surface area (Å²) in [6.07, 6.45) is 21.3. The SMILES string of the molecule is CSc1ccc(-c2c3nc(c(-c4ccc(C#Cc5ccc(-c6c7nc(c(C)c8ccc([nH]8)c(-c8c(C)cc(C)cc8C)c8nc(c(-c9ccc(SC)cc9)c9ccc6[nH]9)C=C8)C=C7)cc5)cc4)c4ccc([nH]4)c(C)c4nc(c(C)c5ccc2[nH]5)C=C4)C=C3)cc1. The lowest BCUT2D eigenvalue weighted by Gasteiger charge is -2.13. The summed E-state index contributed by atoms with van der Waals surface area (Å²) in [5, 5.41) is 0. The van der Waals surface area contributed by atoms with Gasteiger partial charge in [0, 0.05) is 92.9 Å². The molecule has 90 heavy (non-hydrogen) atoms. The van der Waals surface area contributed by atoms with E-state index < -0.39 is 0 Å². The molecule has 0 atom stereocenters. The fourth-order valence-electron chi connectivity index (χ4n) is 13.0. The highest BCUT2D eigenvalue weighted by Gasteiger charge is 2.22. The maximum absolute atomic E-state index is 5.54. The summed E-state index contributed by atoms with van der Waals surface area (Å²) in [4.78, 5) is 39.2. The lowest BCUT2D eigenvalue weighted by molar-refractivity contribution is 1.24. The first kappa shape index (κ1) is 56.1. The fraction of sp³-hybridized carbons (Fsp3) is 0.100. The largest absolute Gasteiger partial charge is 0.355 e. The predicted octanol–water partition coefficient (Wildman–Crippen LogP) is 20.7. The van der Waals surface area contributed by atoms with E-state index in [0.29, 0.717) is 0 Å². The summed E-state index contributed by atoms with van der Waals surface area (Å²) in [6.45, 7) is 13.0. The standard InChI is InChI=1S/C80H62N8S2/c1-45-43-46(2)75(47(3)44-45)80-73-36-32-64(85-73)50(6)63-31-34-66(84-63)77(69-38-40-71(87-69)79(72-41-42-74(80)88-72)56-21-25-58(90-8)26-22-56)54-17-13-52(14-18-54)10-9-51-11-15-53(16-12-51)76-65-33-29-61(82-65)48(4)59-27-28-60(81-59)49(5)62-30-35-67(83-62)78(70-39-37-68(76)86-70)55-19-23-57(89-7)24-20-55/h11-44,82-83,85,87H,1-8H3. The van der Waals surface area contributed by atoms with Gasteiger partial charge in [0.05, 0.1) is 45.6 Å². The van der Waals surface area contributed by atoms with Crippen molar-refractivity contribution in [3.05, 3.63) is 248 Å². The Kier molecular flexibility index (Phi) is 14.3. The van der Waals surface area contributed by atoms with Crippen molar-refractivity contribution >= 4 is 116 Å². The van der Waals surface area contributed by atoms with Crippen molar-refractivity contribution in [3.63, 3.8) is 0 Å². The van der Waals surface area contributed by atoms with E-state index >= 15 is 0 Å². The molecule has 0 spiro atoms. The van der Waals surface area contributed by atoms with Gasteiger partial charge < -0.3 is 19.9 Å². The van der Waals surface area contributed by atoms with Gasteiger partial charge in [-0.25, -0.2) is 19.9 Å². The van der Waals surface area contributed by atoms with E-state index in [1.165, 1.54) is 32.0 Å². The smallest absolute Gasteiger partial charge is 0.0737 e. The number of rotatable bonds is 7. The van der Waals surface area contributed by atoms with Gasteiger partial charge in [-0.15, -0.1) is 23.5 Å². The maximum atomic E-state index is 5.54. The summed E-state index contributed by atoms with van der Waals surface area (Å²) >= 11 is 3.47. The topological polar surface area (TPSA) is 115 Å². The van der Waals surface area contributed by atoms with Gasteiger partial charge in [-0.05, 0) is 255 Å². The van der Waals surface area contributed by atoms with Crippen LogP contribution in [0.5, 0.6) is 0 Å². The molecule has 0 aliphatic carbocycles. The Morgan fingerprint density at radius 1 is 0.278 bits per heavy atom. The van der Waals surface area contributed by atoms with Crippen molar-refractivity contribution in [2.24, 2.45) is 0 Å². The van der Waals surface area contributed by atoms with Gasteiger partial charge in [0.1, 0.15) is 0 Å². The van der Waals surface area contributed by atoms with Crippen LogP contribution >= 0.6 is 23.5 Å². The number of benzene rings is 5. The van der Waals surface area contributed by atoms with Crippen LogP contribution in [0.25, 0.3) is 148 Å². The molecule has 0 saturated carbocycles. The number of thioether (sulfide) groups is 2. The van der Waals surface area contributed by atoms with Crippen LogP contribution in [0.3, 0.4) is 0 Å². The number of aryl methyl sites for hydroxylation is 6. The van der Waals surface area contributed by atoms with Gasteiger partial charge in [0.2, 0.25) is 0 Å². The fourth-order valence-corrected chi connectivity index (χ4v) is 13.8. The highest BCUT2D eigenvalue weighted by molar-refractivity contribution is 7.98. The van der Waals surface area contributed by atoms with Crippen molar-refractivity contribution in [1.29, 1.82) is 0 Å². The molecule has 4 aliphatic heterocycles. The third-order valence-electron chi connectivity index (χ3n) is 17.7. The minimum Gasteiger partial charge on any atom is -0.355 e. The van der Waals surface area contributed by atoms with Gasteiger partial charge >= 0.3 is 0 Å². The van der Waals surface area contributed by atoms with Crippen LogP contribution in [0.1, 0.15) is 90.1 Å². The lowest BCUT2D eigenvalue weighted by atomic mass is 9.92. The van der Waals surface area contributed by atoms with Crippen LogP contribution in [0.2, 0.25) is 0 Å². The summed E-state index contributed by atoms with van der Waals surface area (Å²) in [5.41, 5.74) is 34.2. The third-order valence-corrected chi connectivity index (χ3v) is 19.2. The van der Waals surface area contributed by atoms with E-state index in [-0.39, 0.29) is 0 Å². The molecule has 5 aromatic carbocycles. The van der Waals surface area contributed by atoms with Crippen LogP contribution in [0.15, 0.2) is 168 Å². The third kappa shape index (κ3) is 10.3. The van der Waals surface area contributed by atoms with E-state index in [4.69, 9.17) is 19.9 Å². The summed E-state index contributed by atoms with van der Waals surface area (Å²) in [7, 11) is 0. The molecule has 4 N–H and O–H groups in total. The Morgan fingerprint density at radius 2 is 0.533 bits per heavy atom. The van der Waals surface area contributed by atoms with Crippen molar-refractivity contribution < 1.29 is 0 Å². The molecule has 0 saturated heterocycles. The molecule has 434 valence electrons. The number of nitrogens with one attached hydrogen (secondary N) is 4. The number of aromatic nitrogens is 8. The molecule has 8 nitrogen and oxygen atoms in total. The molecule has 4 aliphatic rings. The van der Waals surface area contributed by atoms with E-state index in [0.717, 1.165) is 168 Å². The second kappa shape index (κ2) is 22.9. The maximum Gasteiger partial charge on any atom is 0.0737 e. The van der Waals surface area contributed by atoms with Crippen molar-refractivity contribution in [2.75, 3.05) is 12.5 Å². The van der Waals surface area contributed by atoms with Crippen LogP contribution < -0.4 is 0 Å². The summed E-state index contributed by atoms with van der Waals surface area (Å²) in [6, 6.07) is 56.5. The first-order chi connectivity index (χ1) is 43.9. The van der Waals surface area contributed by atoms with Crippen molar-refractivity contribution in [2.45, 2.75) is 51.3 Å². The number of H-pyrrole nitrogens is 4. The average Bonchev–Trinajstić information content (AvgIpc) is 1.99. The number of aromatic amines is 4. The number of hydrogen-bond acceptors (Lipinski definition) is 6. The Labute approximate surface area is 531 Å². The molecule has 10 heteroatoms. The molecule has 6 aromatic heterocycles. The number of nitrogens with zero attached hydrogens (tertiary/aromatic N) is 4. The average molecular weight is 1200 g/mol. The number of fused-ring (bicyclic) bond motifs is 16. The highest BCUT2D eigenvalue weighted by Crippen LogP contribution is 2.41. The summed E-state index contributed by atoms with van der Waals surface area (Å²) < 4.78 is 0. The van der Waals surface area contributed by atoms with Gasteiger partial charge in [-0.2, -0.15) is 0 Å². The molecular formula is C80H62N8S2. The van der Waals surface area contributed by atoms with E-state index in [2.05, 4.69) is 292 Å². The molecule has 0 radical (unpaired) electrons. The van der Waals surface area contributed by atoms with Crippen molar-refractivity contribution in [3.8, 4) is 67.5 Å². The van der Waals surface area contributed by atoms with Crippen LogP contribution in [0, 0.1) is 53.4 Å². The Hall–Kier alpha value is -10.4. The minimum absolute atomic E-state index is 0.865. The Balaban J connectivity index is 0.830. The van der Waals surface area contributed by atoms with Crippen molar-refractivity contribution in [1.82, 2.24) is 39.9 Å². The van der Waals surface area contributed by atoms with E-state index in [1.807, 2.05) is 0 Å². The van der Waals surface area contributed by atoms with Crippen LogP contribution in [-0.2, 0) is 0 Å². The molecular weight excluding hydrogens is 1140 g/mol. The second-order valence-electron chi connectivity index (χ2n) is 23.4. The van der Waals surface area contributed by atoms with Crippen LogP contribution in [0.4, 0.5) is 0 Å². The zero-order chi connectivity index (χ0) is 61.3. The monoisotopic (exact) mass is 1200 g/mol. The normalized spacial score (nSPS) is 12.3. The molecule has 0 amide bonds. The molecule has 0 unspecified atom stereocenters. The summed E-state index contributed by atoms with van der Waals surface area (Å²) in [5.74, 6) is 6.98. The zero-order valence-corrected chi connectivity index (χ0v) is 52.9. The van der Waals surface area contributed by atoms with E-state index in [9.17, 15) is 0 Å².